The predicted octanol–water partition coefficient (Wildman–Crippen LogP) is 2.63. The number of rotatable bonds is 2. The number of hydrogen-bond donors (Lipinski definition) is 0. The van der Waals surface area contributed by atoms with Gasteiger partial charge < -0.3 is 0 Å². The first kappa shape index (κ1) is 11.3. The van der Waals surface area contributed by atoms with Gasteiger partial charge in [-0.15, -0.1) is 0 Å². The maximum absolute atomic E-state index is 11.9. The van der Waals surface area contributed by atoms with E-state index in [-0.39, 0.29) is 5.54 Å². The highest BCUT2D eigenvalue weighted by atomic mass is 16.1. The number of likely N-dealkylation sites (tertiary alicyclic amines) is 1. The molecule has 1 saturated heterocycles. The summed E-state index contributed by atoms with van der Waals surface area (Å²) in [6.45, 7) is 5.97. The van der Waals surface area contributed by atoms with Crippen molar-refractivity contribution in [2.45, 2.75) is 38.8 Å². The number of Topliss-reactive ketones (excluding diaryl/α,β-unsaturated/α-hetero) is 1. The first-order valence-corrected chi connectivity index (χ1v) is 5.93. The molecule has 2 rings (SSSR count). The molecule has 0 radical (unpaired) electrons. The Bertz CT molecular complexity index is 370. The van der Waals surface area contributed by atoms with Gasteiger partial charge in [0.25, 0.3) is 0 Å². The first-order valence-electron chi connectivity index (χ1n) is 5.93. The number of nitrogens with zero attached hydrogens (tertiary/aromatic N) is 1. The average molecular weight is 217 g/mol. The summed E-state index contributed by atoms with van der Waals surface area (Å²) in [6, 6.07) is 10.4. The summed E-state index contributed by atoms with van der Waals surface area (Å²) < 4.78 is 0. The maximum atomic E-state index is 11.9. The molecule has 1 aromatic carbocycles. The lowest BCUT2D eigenvalue weighted by Gasteiger charge is -2.41. The van der Waals surface area contributed by atoms with Crippen molar-refractivity contribution in [3.05, 3.63) is 35.9 Å². The van der Waals surface area contributed by atoms with Crippen LogP contribution in [-0.4, -0.2) is 22.8 Å². The number of carbonyl (C=O) groups excluding carboxylic acids is 1. The Morgan fingerprint density at radius 3 is 2.62 bits per heavy atom. The molecule has 0 atom stereocenters. The summed E-state index contributed by atoms with van der Waals surface area (Å²) in [5, 5.41) is 0. The fraction of sp³-hybridized carbons (Fsp3) is 0.500. The molecule has 16 heavy (non-hydrogen) atoms. The molecule has 2 nitrogen and oxygen atoms in total. The van der Waals surface area contributed by atoms with E-state index in [1.165, 1.54) is 5.56 Å². The highest BCUT2D eigenvalue weighted by Crippen LogP contribution is 2.25. The molecular formula is C14H19NO. The van der Waals surface area contributed by atoms with Crippen LogP contribution < -0.4 is 0 Å². The molecule has 1 aliphatic heterocycles. The number of hydrogen-bond acceptors (Lipinski definition) is 2. The summed E-state index contributed by atoms with van der Waals surface area (Å²) in [4.78, 5) is 14.2. The maximum Gasteiger partial charge on any atom is 0.152 e. The minimum absolute atomic E-state index is 0.298. The minimum atomic E-state index is -0.298. The Morgan fingerprint density at radius 2 is 1.94 bits per heavy atom. The van der Waals surface area contributed by atoms with E-state index in [0.717, 1.165) is 25.9 Å². The average Bonchev–Trinajstić information content (AvgIpc) is 2.27. The monoisotopic (exact) mass is 217 g/mol. The minimum Gasteiger partial charge on any atom is -0.298 e. The van der Waals surface area contributed by atoms with Crippen molar-refractivity contribution in [2.75, 3.05) is 6.54 Å². The van der Waals surface area contributed by atoms with Gasteiger partial charge >= 0.3 is 0 Å². The topological polar surface area (TPSA) is 20.3 Å². The number of ketones is 1. The molecule has 0 amide bonds. The number of piperidine rings is 1. The highest BCUT2D eigenvalue weighted by molar-refractivity contribution is 5.88. The van der Waals surface area contributed by atoms with E-state index >= 15 is 0 Å². The zero-order valence-electron chi connectivity index (χ0n) is 10.1. The zero-order chi connectivity index (χ0) is 11.6. The Hall–Kier alpha value is -1.15. The van der Waals surface area contributed by atoms with Gasteiger partial charge in [-0.25, -0.2) is 0 Å². The van der Waals surface area contributed by atoms with Crippen LogP contribution in [0, 0.1) is 0 Å². The molecule has 86 valence electrons. The molecule has 0 saturated carbocycles. The SMILES string of the molecule is CC1(C)C(=O)CCCN1Cc1ccccc1. The van der Waals surface area contributed by atoms with Crippen molar-refractivity contribution in [1.82, 2.24) is 4.90 Å². The van der Waals surface area contributed by atoms with Crippen LogP contribution in [0.5, 0.6) is 0 Å². The Morgan fingerprint density at radius 1 is 1.25 bits per heavy atom. The van der Waals surface area contributed by atoms with Crippen molar-refractivity contribution >= 4 is 5.78 Å². The molecule has 0 N–H and O–H groups in total. The molecular weight excluding hydrogens is 198 g/mol. The molecule has 0 aliphatic carbocycles. The lowest BCUT2D eigenvalue weighted by molar-refractivity contribution is -0.133. The van der Waals surface area contributed by atoms with Gasteiger partial charge in [-0.3, -0.25) is 9.69 Å². The van der Waals surface area contributed by atoms with E-state index in [0.29, 0.717) is 5.78 Å². The second-order valence-corrected chi connectivity index (χ2v) is 4.99. The summed E-state index contributed by atoms with van der Waals surface area (Å²) in [7, 11) is 0. The van der Waals surface area contributed by atoms with E-state index in [9.17, 15) is 4.79 Å². The van der Waals surface area contributed by atoms with Crippen LogP contribution in [0.4, 0.5) is 0 Å². The number of benzene rings is 1. The van der Waals surface area contributed by atoms with E-state index < -0.39 is 0 Å². The third-order valence-corrected chi connectivity index (χ3v) is 3.52. The van der Waals surface area contributed by atoms with E-state index in [1.54, 1.807) is 0 Å². The molecule has 2 heteroatoms. The summed E-state index contributed by atoms with van der Waals surface area (Å²) in [5.74, 6) is 0.370. The van der Waals surface area contributed by atoms with Crippen molar-refractivity contribution in [3.63, 3.8) is 0 Å². The second-order valence-electron chi connectivity index (χ2n) is 4.99. The second kappa shape index (κ2) is 4.38. The fourth-order valence-corrected chi connectivity index (χ4v) is 2.27. The standard InChI is InChI=1S/C14H19NO/c1-14(2)13(16)9-6-10-15(14)11-12-7-4-3-5-8-12/h3-5,7-8H,6,9-11H2,1-2H3. The molecule has 0 spiro atoms. The third kappa shape index (κ3) is 2.17. The van der Waals surface area contributed by atoms with Gasteiger partial charge in [0.05, 0.1) is 5.54 Å². The lowest BCUT2D eigenvalue weighted by atomic mass is 9.88. The van der Waals surface area contributed by atoms with Crippen LogP contribution in [0.2, 0.25) is 0 Å². The van der Waals surface area contributed by atoms with Crippen molar-refractivity contribution < 1.29 is 4.79 Å². The van der Waals surface area contributed by atoms with Gasteiger partial charge in [-0.05, 0) is 32.4 Å². The smallest absolute Gasteiger partial charge is 0.152 e. The van der Waals surface area contributed by atoms with Gasteiger partial charge in [-0.1, -0.05) is 30.3 Å². The highest BCUT2D eigenvalue weighted by Gasteiger charge is 2.36. The zero-order valence-corrected chi connectivity index (χ0v) is 10.1. The summed E-state index contributed by atoms with van der Waals surface area (Å²) >= 11 is 0. The molecule has 0 unspecified atom stereocenters. The first-order chi connectivity index (χ1) is 7.60. The summed E-state index contributed by atoms with van der Waals surface area (Å²) in [6.07, 6.45) is 1.73. The molecule has 0 aromatic heterocycles. The Kier molecular flexibility index (Phi) is 3.10. The van der Waals surface area contributed by atoms with Gasteiger partial charge in [0.15, 0.2) is 5.78 Å². The normalized spacial score (nSPS) is 21.0. The van der Waals surface area contributed by atoms with Crippen LogP contribution in [-0.2, 0) is 11.3 Å². The van der Waals surface area contributed by atoms with E-state index in [4.69, 9.17) is 0 Å². The van der Waals surface area contributed by atoms with Gasteiger partial charge in [0, 0.05) is 13.0 Å². The molecule has 1 aromatic rings. The van der Waals surface area contributed by atoms with Crippen LogP contribution in [0.1, 0.15) is 32.3 Å². The largest absolute Gasteiger partial charge is 0.298 e. The van der Waals surface area contributed by atoms with Gasteiger partial charge in [0.2, 0.25) is 0 Å². The van der Waals surface area contributed by atoms with Crippen molar-refractivity contribution in [2.24, 2.45) is 0 Å². The van der Waals surface area contributed by atoms with E-state index in [1.807, 2.05) is 32.0 Å². The van der Waals surface area contributed by atoms with Crippen LogP contribution in [0.3, 0.4) is 0 Å². The molecule has 1 aliphatic rings. The quantitative estimate of drug-likeness (QED) is 0.759. The Balaban J connectivity index is 2.12. The molecule has 0 bridgehead atoms. The molecule has 1 heterocycles. The van der Waals surface area contributed by atoms with Crippen LogP contribution in [0.25, 0.3) is 0 Å². The Labute approximate surface area is 97.3 Å². The van der Waals surface area contributed by atoms with Crippen LogP contribution >= 0.6 is 0 Å². The number of carbonyl (C=O) groups is 1. The summed E-state index contributed by atoms with van der Waals surface area (Å²) in [5.41, 5.74) is 0.985. The lowest BCUT2D eigenvalue weighted by Crippen LogP contribution is -2.53. The molecule has 1 fully saturated rings. The predicted molar refractivity (Wildman–Crippen MR) is 65.2 cm³/mol. The fourth-order valence-electron chi connectivity index (χ4n) is 2.27. The van der Waals surface area contributed by atoms with Crippen molar-refractivity contribution in [1.29, 1.82) is 0 Å². The van der Waals surface area contributed by atoms with E-state index in [2.05, 4.69) is 17.0 Å². The van der Waals surface area contributed by atoms with Gasteiger partial charge in [0.1, 0.15) is 0 Å². The van der Waals surface area contributed by atoms with Gasteiger partial charge in [-0.2, -0.15) is 0 Å². The third-order valence-electron chi connectivity index (χ3n) is 3.52. The van der Waals surface area contributed by atoms with Crippen LogP contribution in [0.15, 0.2) is 30.3 Å². The van der Waals surface area contributed by atoms with Crippen molar-refractivity contribution in [3.8, 4) is 0 Å².